The second-order valence-corrected chi connectivity index (χ2v) is 6.20. The molecule has 0 fully saturated rings. The molecule has 4 nitrogen and oxygen atoms in total. The number of hydrogen-bond acceptors (Lipinski definition) is 4. The van der Waals surface area contributed by atoms with E-state index in [0.29, 0.717) is 5.75 Å². The van der Waals surface area contributed by atoms with Gasteiger partial charge >= 0.3 is 0 Å². The number of methoxy groups -OCH3 is 3. The first kappa shape index (κ1) is 17.6. The van der Waals surface area contributed by atoms with Crippen LogP contribution in [0.3, 0.4) is 0 Å². The van der Waals surface area contributed by atoms with Gasteiger partial charge in [-0.2, -0.15) is 0 Å². The van der Waals surface area contributed by atoms with Gasteiger partial charge in [-0.1, -0.05) is 27.7 Å². The van der Waals surface area contributed by atoms with Gasteiger partial charge < -0.3 is 19.5 Å². The average molecular weight is 295 g/mol. The zero-order chi connectivity index (χ0) is 16.0. The molecule has 0 aliphatic carbocycles. The van der Waals surface area contributed by atoms with Gasteiger partial charge in [-0.25, -0.2) is 0 Å². The summed E-state index contributed by atoms with van der Waals surface area (Å²) < 4.78 is 16.4. The van der Waals surface area contributed by atoms with Crippen molar-refractivity contribution in [3.8, 4) is 17.2 Å². The molecule has 0 heterocycles. The van der Waals surface area contributed by atoms with Crippen LogP contribution in [0.5, 0.6) is 17.2 Å². The van der Waals surface area contributed by atoms with E-state index < -0.39 is 0 Å². The summed E-state index contributed by atoms with van der Waals surface area (Å²) in [5.74, 6) is 2.22. The van der Waals surface area contributed by atoms with Crippen molar-refractivity contribution >= 4 is 0 Å². The van der Waals surface area contributed by atoms with Gasteiger partial charge in [-0.05, 0) is 24.4 Å². The van der Waals surface area contributed by atoms with E-state index in [-0.39, 0.29) is 11.5 Å². The molecule has 4 heteroatoms. The van der Waals surface area contributed by atoms with Crippen molar-refractivity contribution in [3.05, 3.63) is 17.7 Å². The molecule has 120 valence electrons. The Hall–Kier alpha value is -1.42. The molecule has 1 atom stereocenters. The molecule has 0 saturated carbocycles. The van der Waals surface area contributed by atoms with Crippen LogP contribution in [-0.2, 0) is 0 Å². The van der Waals surface area contributed by atoms with Gasteiger partial charge in [-0.3, -0.25) is 0 Å². The minimum absolute atomic E-state index is 0.0576. The molecule has 1 aromatic rings. The number of nitrogens with one attached hydrogen (secondary N) is 1. The summed E-state index contributed by atoms with van der Waals surface area (Å²) in [4.78, 5) is 0. The third kappa shape index (κ3) is 4.27. The van der Waals surface area contributed by atoms with E-state index in [4.69, 9.17) is 14.2 Å². The lowest BCUT2D eigenvalue weighted by Gasteiger charge is -2.33. The summed E-state index contributed by atoms with van der Waals surface area (Å²) in [6.07, 6.45) is 1.09. The summed E-state index contributed by atoms with van der Waals surface area (Å²) in [6, 6.07) is 4.07. The largest absolute Gasteiger partial charge is 0.496 e. The van der Waals surface area contributed by atoms with Crippen molar-refractivity contribution < 1.29 is 14.2 Å². The summed E-state index contributed by atoms with van der Waals surface area (Å²) in [5, 5.41) is 3.61. The van der Waals surface area contributed by atoms with Crippen molar-refractivity contribution in [1.82, 2.24) is 5.32 Å². The molecule has 0 spiro atoms. The van der Waals surface area contributed by atoms with Gasteiger partial charge in [0.2, 0.25) is 0 Å². The molecule has 21 heavy (non-hydrogen) atoms. The number of rotatable bonds is 7. The van der Waals surface area contributed by atoms with E-state index in [9.17, 15) is 0 Å². The Kier molecular flexibility index (Phi) is 6.34. The monoisotopic (exact) mass is 295 g/mol. The van der Waals surface area contributed by atoms with Crippen LogP contribution in [-0.4, -0.2) is 27.9 Å². The minimum atomic E-state index is 0.0576. The fourth-order valence-corrected chi connectivity index (χ4v) is 2.45. The van der Waals surface area contributed by atoms with Gasteiger partial charge in [0.25, 0.3) is 0 Å². The van der Waals surface area contributed by atoms with E-state index in [1.807, 2.05) is 12.1 Å². The fraction of sp³-hybridized carbons (Fsp3) is 0.647. The van der Waals surface area contributed by atoms with E-state index >= 15 is 0 Å². The van der Waals surface area contributed by atoms with Crippen molar-refractivity contribution in [3.63, 3.8) is 0 Å². The Balaban J connectivity index is 3.34. The van der Waals surface area contributed by atoms with E-state index in [1.165, 1.54) is 0 Å². The summed E-state index contributed by atoms with van der Waals surface area (Å²) >= 11 is 0. The molecule has 0 radical (unpaired) electrons. The van der Waals surface area contributed by atoms with Gasteiger partial charge in [0.1, 0.15) is 5.75 Å². The van der Waals surface area contributed by atoms with Crippen LogP contribution >= 0.6 is 0 Å². The smallest absolute Gasteiger partial charge is 0.164 e. The lowest BCUT2D eigenvalue weighted by atomic mass is 9.81. The van der Waals surface area contributed by atoms with Crippen LogP contribution in [0.15, 0.2) is 12.1 Å². The van der Waals surface area contributed by atoms with Crippen LogP contribution < -0.4 is 19.5 Å². The highest BCUT2D eigenvalue weighted by molar-refractivity contribution is 5.52. The first-order chi connectivity index (χ1) is 9.88. The molecular formula is C17H29NO3. The van der Waals surface area contributed by atoms with Gasteiger partial charge in [0.05, 0.1) is 21.3 Å². The summed E-state index contributed by atoms with van der Waals surface area (Å²) in [7, 11) is 4.97. The first-order valence-corrected chi connectivity index (χ1v) is 7.42. The second-order valence-electron chi connectivity index (χ2n) is 6.20. The van der Waals surface area contributed by atoms with Gasteiger partial charge in [-0.15, -0.1) is 0 Å². The molecule has 1 N–H and O–H groups in total. The molecule has 1 rings (SSSR count). The molecule has 0 bridgehead atoms. The predicted molar refractivity (Wildman–Crippen MR) is 86.6 cm³/mol. The number of ether oxygens (including phenoxy) is 3. The van der Waals surface area contributed by atoms with Crippen molar-refractivity contribution in [2.75, 3.05) is 27.9 Å². The van der Waals surface area contributed by atoms with Gasteiger partial charge in [0.15, 0.2) is 11.5 Å². The standard InChI is InChI=1S/C17H29NO3/c1-8-9-18-16(17(2,3)4)12-10-14(20-6)15(21-7)11-13(12)19-5/h10-11,16,18H,8-9H2,1-7H3. The normalized spacial score (nSPS) is 12.9. The number of hydrogen-bond donors (Lipinski definition) is 1. The predicted octanol–water partition coefficient (Wildman–Crippen LogP) is 3.80. The summed E-state index contributed by atoms with van der Waals surface area (Å²) in [5.41, 5.74) is 1.15. The van der Waals surface area contributed by atoms with E-state index in [2.05, 4.69) is 33.0 Å². The summed E-state index contributed by atoms with van der Waals surface area (Å²) in [6.45, 7) is 9.78. The number of benzene rings is 1. The molecule has 0 aliphatic heterocycles. The molecule has 0 amide bonds. The quantitative estimate of drug-likeness (QED) is 0.830. The van der Waals surface area contributed by atoms with E-state index in [0.717, 1.165) is 30.0 Å². The Morgan fingerprint density at radius 2 is 1.48 bits per heavy atom. The zero-order valence-electron chi connectivity index (χ0n) is 14.4. The maximum atomic E-state index is 5.57. The molecule has 0 saturated heterocycles. The van der Waals surface area contributed by atoms with Crippen molar-refractivity contribution in [1.29, 1.82) is 0 Å². The van der Waals surface area contributed by atoms with Crippen LogP contribution in [0.25, 0.3) is 0 Å². The first-order valence-electron chi connectivity index (χ1n) is 7.42. The Labute approximate surface area is 128 Å². The van der Waals surface area contributed by atoms with Crippen molar-refractivity contribution in [2.24, 2.45) is 5.41 Å². The van der Waals surface area contributed by atoms with Crippen LogP contribution in [0.2, 0.25) is 0 Å². The highest BCUT2D eigenvalue weighted by atomic mass is 16.5. The molecule has 1 aromatic carbocycles. The third-order valence-electron chi connectivity index (χ3n) is 3.51. The fourth-order valence-electron chi connectivity index (χ4n) is 2.45. The SMILES string of the molecule is CCCNC(c1cc(OC)c(OC)cc1OC)C(C)(C)C. The Morgan fingerprint density at radius 1 is 0.952 bits per heavy atom. The zero-order valence-corrected chi connectivity index (χ0v) is 14.4. The lowest BCUT2D eigenvalue weighted by Crippen LogP contribution is -2.33. The van der Waals surface area contributed by atoms with E-state index in [1.54, 1.807) is 21.3 Å². The maximum absolute atomic E-state index is 5.57. The molecule has 0 aromatic heterocycles. The average Bonchev–Trinajstić information content (AvgIpc) is 2.45. The molecular weight excluding hydrogens is 266 g/mol. The van der Waals surface area contributed by atoms with Gasteiger partial charge in [0, 0.05) is 17.7 Å². The Bertz CT molecular complexity index is 452. The van der Waals surface area contributed by atoms with Crippen LogP contribution in [0.4, 0.5) is 0 Å². The molecule has 0 aliphatic rings. The lowest BCUT2D eigenvalue weighted by molar-refractivity contribution is 0.263. The second kappa shape index (κ2) is 7.55. The Morgan fingerprint density at radius 3 is 1.90 bits per heavy atom. The highest BCUT2D eigenvalue weighted by Crippen LogP contribution is 2.42. The van der Waals surface area contributed by atoms with Crippen molar-refractivity contribution in [2.45, 2.75) is 40.2 Å². The minimum Gasteiger partial charge on any atom is -0.496 e. The molecule has 1 unspecified atom stereocenters. The van der Waals surface area contributed by atoms with Crippen LogP contribution in [0.1, 0.15) is 45.7 Å². The highest BCUT2D eigenvalue weighted by Gasteiger charge is 2.29. The van der Waals surface area contributed by atoms with Crippen LogP contribution in [0, 0.1) is 5.41 Å². The third-order valence-corrected chi connectivity index (χ3v) is 3.51. The topological polar surface area (TPSA) is 39.7 Å². The maximum Gasteiger partial charge on any atom is 0.164 e.